The number of anilines is 1. The highest BCUT2D eigenvalue weighted by Gasteiger charge is 1.92. The van der Waals surface area contributed by atoms with Crippen molar-refractivity contribution in [3.05, 3.63) is 23.0 Å². The van der Waals surface area contributed by atoms with E-state index in [0.29, 0.717) is 10.8 Å². The zero-order valence-corrected chi connectivity index (χ0v) is 7.38. The zero-order chi connectivity index (χ0) is 9.56. The van der Waals surface area contributed by atoms with Gasteiger partial charge >= 0.3 is 0 Å². The van der Waals surface area contributed by atoms with E-state index in [4.69, 9.17) is 22.1 Å². The second kappa shape index (κ2) is 5.37. The molecule has 0 aliphatic rings. The van der Waals surface area contributed by atoms with Gasteiger partial charge in [0.1, 0.15) is 5.15 Å². The molecule has 0 fully saturated rings. The van der Waals surface area contributed by atoms with Crippen LogP contribution in [0.15, 0.2) is 12.3 Å². The van der Waals surface area contributed by atoms with Crippen LogP contribution in [0.3, 0.4) is 0 Å². The fourth-order valence-electron chi connectivity index (χ4n) is 0.532. The van der Waals surface area contributed by atoms with E-state index in [1.54, 1.807) is 12.3 Å². The van der Waals surface area contributed by atoms with Crippen LogP contribution in [0.25, 0.3) is 0 Å². The third-order valence-corrected chi connectivity index (χ3v) is 1.32. The lowest BCUT2D eigenvalue weighted by Gasteiger charge is -1.96. The molecule has 0 aliphatic carbocycles. The third-order valence-electron chi connectivity index (χ3n) is 1.12. The van der Waals surface area contributed by atoms with E-state index in [1.807, 2.05) is 6.92 Å². The van der Waals surface area contributed by atoms with Gasteiger partial charge in [0, 0.05) is 0 Å². The highest BCUT2D eigenvalue weighted by molar-refractivity contribution is 6.29. The van der Waals surface area contributed by atoms with E-state index in [0.717, 1.165) is 5.56 Å². The van der Waals surface area contributed by atoms with Gasteiger partial charge in [0.05, 0.1) is 11.9 Å². The van der Waals surface area contributed by atoms with Crippen molar-refractivity contribution >= 4 is 23.7 Å². The summed E-state index contributed by atoms with van der Waals surface area (Å²) in [5, 5.41) is 0.488. The Morgan fingerprint density at radius 2 is 2.17 bits per heavy atom. The molecule has 0 saturated carbocycles. The number of hydrogen-bond donors (Lipinski definition) is 2. The maximum absolute atomic E-state index is 8.58. The van der Waals surface area contributed by atoms with Gasteiger partial charge < -0.3 is 11.5 Å². The Morgan fingerprint density at radius 1 is 1.67 bits per heavy atom. The molecule has 0 spiro atoms. The van der Waals surface area contributed by atoms with E-state index in [-0.39, 0.29) is 6.41 Å². The number of nitrogens with two attached hydrogens (primary N) is 2. The molecule has 66 valence electrons. The number of primary amides is 1. The number of nitrogens with zero attached hydrogens (tertiary/aromatic N) is 1. The first-order chi connectivity index (χ1) is 5.61. The average Bonchev–Trinajstić information content (AvgIpc) is 1.99. The molecular weight excluding hydrogens is 178 g/mol. The Kier molecular flexibility index (Phi) is 4.79. The van der Waals surface area contributed by atoms with Crippen LogP contribution in [0.5, 0.6) is 0 Å². The maximum Gasteiger partial charge on any atom is 0.204 e. The molecule has 0 unspecified atom stereocenters. The van der Waals surface area contributed by atoms with Gasteiger partial charge in [-0.15, -0.1) is 0 Å². The third kappa shape index (κ3) is 3.78. The molecule has 0 aliphatic heterocycles. The number of aromatic nitrogens is 1. The molecule has 1 heterocycles. The summed E-state index contributed by atoms with van der Waals surface area (Å²) < 4.78 is 0. The van der Waals surface area contributed by atoms with Crippen molar-refractivity contribution in [1.82, 2.24) is 4.98 Å². The van der Waals surface area contributed by atoms with Crippen molar-refractivity contribution in [3.63, 3.8) is 0 Å². The van der Waals surface area contributed by atoms with Gasteiger partial charge in [-0.3, -0.25) is 4.79 Å². The fourth-order valence-corrected chi connectivity index (χ4v) is 0.745. The lowest BCUT2D eigenvalue weighted by Crippen LogP contribution is -1.89. The molecule has 1 amide bonds. The largest absolute Gasteiger partial charge is 0.397 e. The molecular formula is C7H10ClN3O. The molecule has 12 heavy (non-hydrogen) atoms. The van der Waals surface area contributed by atoms with E-state index in [1.165, 1.54) is 0 Å². The highest BCUT2D eigenvalue weighted by Crippen LogP contribution is 2.12. The number of carbonyl (C=O) groups excluding carboxylic acids is 1. The quantitative estimate of drug-likeness (QED) is 0.464. The van der Waals surface area contributed by atoms with Crippen LogP contribution in [0.1, 0.15) is 5.56 Å². The van der Waals surface area contributed by atoms with Crippen LogP contribution in [-0.4, -0.2) is 11.4 Å². The summed E-state index contributed by atoms with van der Waals surface area (Å²) in [7, 11) is 0. The number of pyridine rings is 1. The number of hydrogen-bond acceptors (Lipinski definition) is 3. The summed E-state index contributed by atoms with van der Waals surface area (Å²) >= 11 is 5.55. The first-order valence-corrected chi connectivity index (χ1v) is 3.52. The van der Waals surface area contributed by atoms with Crippen LogP contribution in [0.4, 0.5) is 5.69 Å². The number of carbonyl (C=O) groups is 1. The van der Waals surface area contributed by atoms with Gasteiger partial charge in [0.25, 0.3) is 0 Å². The molecule has 0 aromatic carbocycles. The Labute approximate surface area is 75.5 Å². The van der Waals surface area contributed by atoms with Gasteiger partial charge in [0.15, 0.2) is 0 Å². The van der Waals surface area contributed by atoms with Crippen LogP contribution in [-0.2, 0) is 4.79 Å². The van der Waals surface area contributed by atoms with Gasteiger partial charge in [-0.05, 0) is 18.6 Å². The second-order valence-electron chi connectivity index (χ2n) is 2.00. The zero-order valence-electron chi connectivity index (χ0n) is 6.62. The highest BCUT2D eigenvalue weighted by atomic mass is 35.5. The normalized spacial score (nSPS) is 8.17. The van der Waals surface area contributed by atoms with Gasteiger partial charge in [0.2, 0.25) is 6.41 Å². The summed E-state index contributed by atoms with van der Waals surface area (Å²) in [4.78, 5) is 12.4. The fraction of sp³-hybridized carbons (Fsp3) is 0.143. The number of amides is 1. The lowest BCUT2D eigenvalue weighted by molar-refractivity contribution is -0.106. The van der Waals surface area contributed by atoms with Gasteiger partial charge in [-0.25, -0.2) is 4.98 Å². The standard InChI is InChI=1S/C6H7ClN2.CH3NO/c1-4-2-6(7)9-3-5(4)8;2-1-3/h2-3H,8H2,1H3;1H,(H2,2,3). The van der Waals surface area contributed by atoms with Crippen molar-refractivity contribution in [1.29, 1.82) is 0 Å². The number of halogens is 1. The summed E-state index contributed by atoms with van der Waals surface area (Å²) in [5.41, 5.74) is 11.3. The first kappa shape index (κ1) is 10.7. The Balaban J connectivity index is 0.000000354. The summed E-state index contributed by atoms with van der Waals surface area (Å²) in [6.45, 7) is 1.89. The first-order valence-electron chi connectivity index (χ1n) is 3.14. The second-order valence-corrected chi connectivity index (χ2v) is 2.39. The number of aryl methyl sites for hydroxylation is 1. The SMILES string of the molecule is Cc1cc(Cl)ncc1N.NC=O. The van der Waals surface area contributed by atoms with Crippen molar-refractivity contribution < 1.29 is 4.79 Å². The molecule has 1 aromatic rings. The predicted octanol–water partition coefficient (Wildman–Crippen LogP) is 0.727. The lowest BCUT2D eigenvalue weighted by atomic mass is 10.3. The Bertz CT molecular complexity index is 265. The van der Waals surface area contributed by atoms with E-state index in [2.05, 4.69) is 10.7 Å². The predicted molar refractivity (Wildman–Crippen MR) is 48.6 cm³/mol. The van der Waals surface area contributed by atoms with Crippen molar-refractivity contribution in [2.75, 3.05) is 5.73 Å². The van der Waals surface area contributed by atoms with E-state index >= 15 is 0 Å². The molecule has 0 atom stereocenters. The molecule has 1 aromatic heterocycles. The summed E-state index contributed by atoms with van der Waals surface area (Å²) in [6, 6.07) is 1.73. The molecule has 1 rings (SSSR count). The van der Waals surface area contributed by atoms with Crippen molar-refractivity contribution in [2.45, 2.75) is 6.92 Å². The van der Waals surface area contributed by atoms with Gasteiger partial charge in [-0.2, -0.15) is 0 Å². The number of rotatable bonds is 0. The average molecular weight is 188 g/mol. The minimum absolute atomic E-state index is 0.250. The van der Waals surface area contributed by atoms with E-state index in [9.17, 15) is 0 Å². The van der Waals surface area contributed by atoms with Crippen LogP contribution in [0.2, 0.25) is 5.15 Å². The Morgan fingerprint density at radius 3 is 2.50 bits per heavy atom. The molecule has 5 heteroatoms. The summed E-state index contributed by atoms with van der Waals surface area (Å²) in [5.74, 6) is 0. The molecule has 4 N–H and O–H groups in total. The van der Waals surface area contributed by atoms with Crippen LogP contribution >= 0.6 is 11.6 Å². The van der Waals surface area contributed by atoms with Crippen molar-refractivity contribution in [2.24, 2.45) is 5.73 Å². The Hall–Kier alpha value is -1.29. The smallest absolute Gasteiger partial charge is 0.204 e. The molecule has 0 bridgehead atoms. The monoisotopic (exact) mass is 187 g/mol. The topological polar surface area (TPSA) is 82.0 Å². The van der Waals surface area contributed by atoms with Crippen LogP contribution in [0, 0.1) is 6.92 Å². The molecule has 0 radical (unpaired) electrons. The van der Waals surface area contributed by atoms with Crippen molar-refractivity contribution in [3.8, 4) is 0 Å². The van der Waals surface area contributed by atoms with E-state index < -0.39 is 0 Å². The van der Waals surface area contributed by atoms with Crippen LogP contribution < -0.4 is 11.5 Å². The maximum atomic E-state index is 8.58. The minimum Gasteiger partial charge on any atom is -0.397 e. The van der Waals surface area contributed by atoms with Gasteiger partial charge in [-0.1, -0.05) is 11.6 Å². The number of nitrogen functional groups attached to an aromatic ring is 1. The molecule has 4 nitrogen and oxygen atoms in total. The molecule has 0 saturated heterocycles. The minimum atomic E-state index is 0.250. The summed E-state index contributed by atoms with van der Waals surface area (Å²) in [6.07, 6.45) is 1.80.